The lowest BCUT2D eigenvalue weighted by Crippen LogP contribution is -2.43. The number of nitrogens with zero attached hydrogens (tertiary/aromatic N) is 3. The number of thioether (sulfide) groups is 1. The van der Waals surface area contributed by atoms with Gasteiger partial charge in [-0.25, -0.2) is 19.1 Å². The van der Waals surface area contributed by atoms with Crippen LogP contribution in [0.3, 0.4) is 0 Å². The smallest absolute Gasteiger partial charge is 0.390 e. The van der Waals surface area contributed by atoms with Crippen LogP contribution in [-0.4, -0.2) is 52.7 Å². The van der Waals surface area contributed by atoms with E-state index in [1.165, 1.54) is 11.8 Å². The summed E-state index contributed by atoms with van der Waals surface area (Å²) in [5.41, 5.74) is 7.61. The van der Waals surface area contributed by atoms with Gasteiger partial charge in [0.2, 0.25) is 0 Å². The Morgan fingerprint density at radius 3 is 2.56 bits per heavy atom. The molecule has 1 saturated carbocycles. The third-order valence-corrected chi connectivity index (χ3v) is 9.23. The number of aromatic nitrogens is 2. The molecule has 12 nitrogen and oxygen atoms in total. The Labute approximate surface area is 190 Å². The van der Waals surface area contributed by atoms with E-state index >= 15 is 0 Å². The zero-order chi connectivity index (χ0) is 23.7. The highest BCUT2D eigenvalue weighted by molar-refractivity contribution is 8.03. The summed E-state index contributed by atoms with van der Waals surface area (Å²) in [4.78, 5) is 38.1. The molecule has 6 N–H and O–H groups in total. The molecular formula is C17H28N4O8P2S. The molecule has 1 aliphatic heterocycles. The van der Waals surface area contributed by atoms with Crippen molar-refractivity contribution >= 4 is 33.2 Å². The molecule has 0 aromatic carbocycles. The van der Waals surface area contributed by atoms with Crippen molar-refractivity contribution in [3.05, 3.63) is 28.2 Å². The lowest BCUT2D eigenvalue weighted by atomic mass is 9.81. The number of phosphoric acid groups is 2. The standard InChI is InChI=1S/C17H28N4O8P2S/c1-10-14(6-7-28-31(26,27)29-30(23,24)25)32-17(15(22)12-4-3-5-12)21(10)9-13-8-19-11(2)20-16(13)18/h8,12,15,17,22H,3-7,9H2,1-2H3,(H,26,27)(H2,18,19,20)(H2,23,24,25)/t15-,17?/m1/s1. The second-order valence-electron chi connectivity index (χ2n) is 7.78. The average molecular weight is 510 g/mol. The molecule has 1 aromatic rings. The summed E-state index contributed by atoms with van der Waals surface area (Å²) in [6.07, 6.45) is 4.24. The molecule has 0 saturated heterocycles. The lowest BCUT2D eigenvalue weighted by Gasteiger charge is -2.38. The molecule has 0 spiro atoms. The summed E-state index contributed by atoms with van der Waals surface area (Å²) in [6, 6.07) is 0. The first-order valence-electron chi connectivity index (χ1n) is 9.99. The second kappa shape index (κ2) is 10.1. The number of aryl methyl sites for hydroxylation is 1. The van der Waals surface area contributed by atoms with Gasteiger partial charge in [0.05, 0.1) is 12.7 Å². The van der Waals surface area contributed by atoms with Crippen molar-refractivity contribution in [2.75, 3.05) is 12.3 Å². The number of aliphatic hydroxyl groups is 1. The Hall–Kier alpha value is -1.01. The van der Waals surface area contributed by atoms with Gasteiger partial charge in [0.25, 0.3) is 0 Å². The van der Waals surface area contributed by atoms with Gasteiger partial charge >= 0.3 is 15.6 Å². The Kier molecular flexibility index (Phi) is 8.07. The van der Waals surface area contributed by atoms with Gasteiger partial charge in [0, 0.05) is 35.3 Å². The van der Waals surface area contributed by atoms with Gasteiger partial charge in [0.1, 0.15) is 17.0 Å². The third-order valence-electron chi connectivity index (χ3n) is 5.48. The average Bonchev–Trinajstić information content (AvgIpc) is 2.90. The summed E-state index contributed by atoms with van der Waals surface area (Å²) >= 11 is 1.43. The van der Waals surface area contributed by atoms with E-state index in [0.717, 1.165) is 29.9 Å². The number of rotatable bonds is 10. The number of phosphoric ester groups is 1. The lowest BCUT2D eigenvalue weighted by molar-refractivity contribution is 0.0261. The Morgan fingerprint density at radius 2 is 2.00 bits per heavy atom. The zero-order valence-corrected chi connectivity index (χ0v) is 20.3. The number of nitrogens with two attached hydrogens (primary N) is 1. The molecule has 3 rings (SSSR count). The Balaban J connectivity index is 1.73. The normalized spacial score (nSPS) is 22.7. The molecule has 1 fully saturated rings. The summed E-state index contributed by atoms with van der Waals surface area (Å²) in [7, 11) is -10.1. The molecule has 180 valence electrons. The number of hydrogen-bond acceptors (Lipinski definition) is 10. The number of nitrogen functional groups attached to an aromatic ring is 1. The molecule has 1 aliphatic carbocycles. The van der Waals surface area contributed by atoms with Crippen LogP contribution in [0.5, 0.6) is 0 Å². The van der Waals surface area contributed by atoms with Gasteiger partial charge in [0.15, 0.2) is 0 Å². The molecule has 2 aliphatic rings. The van der Waals surface area contributed by atoms with Crippen LogP contribution in [0.15, 0.2) is 16.8 Å². The fourth-order valence-corrected chi connectivity index (χ4v) is 6.68. The van der Waals surface area contributed by atoms with E-state index in [-0.39, 0.29) is 24.3 Å². The van der Waals surface area contributed by atoms with E-state index in [2.05, 4.69) is 14.3 Å². The van der Waals surface area contributed by atoms with E-state index < -0.39 is 21.7 Å². The van der Waals surface area contributed by atoms with Gasteiger partial charge < -0.3 is 30.4 Å². The minimum atomic E-state index is -5.17. The maximum absolute atomic E-state index is 11.7. The minimum Gasteiger partial charge on any atom is -0.390 e. The maximum atomic E-state index is 11.7. The van der Waals surface area contributed by atoms with Crippen molar-refractivity contribution in [2.45, 2.75) is 57.6 Å². The van der Waals surface area contributed by atoms with E-state index in [9.17, 15) is 19.1 Å². The molecule has 0 radical (unpaired) electrons. The van der Waals surface area contributed by atoms with Crippen molar-refractivity contribution in [2.24, 2.45) is 5.92 Å². The predicted octanol–water partition coefficient (Wildman–Crippen LogP) is 2.25. The molecule has 2 unspecified atom stereocenters. The van der Waals surface area contributed by atoms with Gasteiger partial charge in [-0.15, -0.1) is 11.8 Å². The molecule has 0 bridgehead atoms. The van der Waals surface area contributed by atoms with Gasteiger partial charge in [-0.3, -0.25) is 4.52 Å². The first-order chi connectivity index (χ1) is 14.9. The van der Waals surface area contributed by atoms with Gasteiger partial charge in [-0.2, -0.15) is 4.31 Å². The molecular weight excluding hydrogens is 482 g/mol. The monoisotopic (exact) mass is 510 g/mol. The number of anilines is 1. The summed E-state index contributed by atoms with van der Waals surface area (Å²) in [5.74, 6) is 1.11. The third kappa shape index (κ3) is 6.53. The first kappa shape index (κ1) is 25.6. The van der Waals surface area contributed by atoms with Crippen LogP contribution in [0.2, 0.25) is 0 Å². The highest BCUT2D eigenvalue weighted by atomic mass is 32.2. The van der Waals surface area contributed by atoms with E-state index in [0.29, 0.717) is 23.8 Å². The van der Waals surface area contributed by atoms with Crippen LogP contribution >= 0.6 is 27.4 Å². The highest BCUT2D eigenvalue weighted by Crippen LogP contribution is 2.58. The van der Waals surface area contributed by atoms with Crippen molar-refractivity contribution in [3.63, 3.8) is 0 Å². The molecule has 2 heterocycles. The van der Waals surface area contributed by atoms with Crippen LogP contribution in [-0.2, 0) is 24.5 Å². The highest BCUT2D eigenvalue weighted by Gasteiger charge is 2.41. The molecule has 32 heavy (non-hydrogen) atoms. The zero-order valence-electron chi connectivity index (χ0n) is 17.7. The minimum absolute atomic E-state index is 0.190. The fraction of sp³-hybridized carbons (Fsp3) is 0.647. The van der Waals surface area contributed by atoms with Crippen LogP contribution in [0.25, 0.3) is 0 Å². The van der Waals surface area contributed by atoms with Crippen LogP contribution in [0, 0.1) is 12.8 Å². The van der Waals surface area contributed by atoms with E-state index in [1.807, 2.05) is 11.8 Å². The Morgan fingerprint density at radius 1 is 1.31 bits per heavy atom. The largest absolute Gasteiger partial charge is 0.481 e. The van der Waals surface area contributed by atoms with Crippen LogP contribution in [0.4, 0.5) is 5.82 Å². The van der Waals surface area contributed by atoms with Gasteiger partial charge in [-0.05, 0) is 32.6 Å². The summed E-state index contributed by atoms with van der Waals surface area (Å²) in [5, 5.41) is 10.7. The van der Waals surface area contributed by atoms with Gasteiger partial charge in [-0.1, -0.05) is 6.42 Å². The fourth-order valence-electron chi connectivity index (χ4n) is 3.59. The Bertz CT molecular complexity index is 970. The van der Waals surface area contributed by atoms with Crippen molar-refractivity contribution in [1.29, 1.82) is 0 Å². The molecule has 3 atom stereocenters. The van der Waals surface area contributed by atoms with Crippen molar-refractivity contribution in [3.8, 4) is 0 Å². The maximum Gasteiger partial charge on any atom is 0.481 e. The first-order valence-corrected chi connectivity index (χ1v) is 13.9. The summed E-state index contributed by atoms with van der Waals surface area (Å²) < 4.78 is 31.0. The molecule has 15 heteroatoms. The number of allylic oxidation sites excluding steroid dienone is 1. The van der Waals surface area contributed by atoms with E-state index in [1.54, 1.807) is 13.1 Å². The van der Waals surface area contributed by atoms with Crippen molar-refractivity contribution in [1.82, 2.24) is 14.9 Å². The second-order valence-corrected chi connectivity index (χ2v) is 11.8. The number of hydrogen-bond donors (Lipinski definition) is 5. The van der Waals surface area contributed by atoms with Crippen LogP contribution in [0.1, 0.15) is 44.0 Å². The quantitative estimate of drug-likeness (QED) is 0.289. The number of aliphatic hydroxyl groups excluding tert-OH is 1. The van der Waals surface area contributed by atoms with Crippen LogP contribution < -0.4 is 5.73 Å². The van der Waals surface area contributed by atoms with E-state index in [4.69, 9.17) is 20.0 Å². The SMILES string of the molecule is CC1=C(CCOP(=O)(O)OP(=O)(O)O)SC([C@H](O)C2CCC2)N1Cc1cnc(C)nc1N. The molecule has 0 amide bonds. The topological polar surface area (TPSA) is 189 Å². The molecule has 1 aromatic heterocycles. The van der Waals surface area contributed by atoms with Crippen molar-refractivity contribution < 1.29 is 37.8 Å². The summed E-state index contributed by atoms with van der Waals surface area (Å²) in [6.45, 7) is 3.69. The predicted molar refractivity (Wildman–Crippen MR) is 118 cm³/mol.